The Balaban J connectivity index is 1.63. The van der Waals surface area contributed by atoms with Gasteiger partial charge < -0.3 is 10.6 Å². The highest BCUT2D eigenvalue weighted by atomic mass is 32.1. The van der Waals surface area contributed by atoms with Crippen LogP contribution in [0.25, 0.3) is 10.9 Å². The summed E-state index contributed by atoms with van der Waals surface area (Å²) in [7, 11) is 0. The molecule has 166 valence electrons. The molecule has 0 saturated carbocycles. The van der Waals surface area contributed by atoms with Gasteiger partial charge in [-0.05, 0) is 69.7 Å². The van der Waals surface area contributed by atoms with E-state index in [9.17, 15) is 0 Å². The molecule has 0 aliphatic carbocycles. The molecule has 0 amide bonds. The van der Waals surface area contributed by atoms with Crippen LogP contribution >= 0.6 is 12.2 Å². The molecule has 4 aromatic rings. The van der Waals surface area contributed by atoms with E-state index in [-0.39, 0.29) is 0 Å². The number of nitrogens with zero attached hydrogens (tertiary/aromatic N) is 4. The summed E-state index contributed by atoms with van der Waals surface area (Å²) in [4.78, 5) is 18.0. The Morgan fingerprint density at radius 1 is 0.848 bits per heavy atom. The normalized spacial score (nSPS) is 11.3. The first-order valence-electron chi connectivity index (χ1n) is 10.5. The van der Waals surface area contributed by atoms with Crippen molar-refractivity contribution in [3.8, 4) is 0 Å². The number of guanidine groups is 1. The van der Waals surface area contributed by atoms with Gasteiger partial charge in [0.25, 0.3) is 0 Å². The van der Waals surface area contributed by atoms with E-state index in [1.54, 1.807) is 6.20 Å². The highest BCUT2D eigenvalue weighted by Crippen LogP contribution is 2.18. The summed E-state index contributed by atoms with van der Waals surface area (Å²) >= 11 is 5.53. The number of nitrogens with one attached hydrogen (secondary N) is 3. The van der Waals surface area contributed by atoms with Crippen LogP contribution in [0.5, 0.6) is 0 Å². The second-order valence-electron chi connectivity index (χ2n) is 7.85. The standard InChI is InChI=1S/C25H25N7S/c1-15-9-10-21(16(2)11-15)30-25(33)32-24(31-23-27-17(3)12-18(4)28-23)29-20-13-19-7-5-6-8-22(19)26-14-20/h5-14H,1-4H3,(H3,27,28,29,30,31,32,33). The third kappa shape index (κ3) is 5.87. The van der Waals surface area contributed by atoms with Crippen LogP contribution in [-0.4, -0.2) is 26.0 Å². The number of rotatable bonds is 3. The fourth-order valence-electron chi connectivity index (χ4n) is 3.45. The number of para-hydroxylation sites is 1. The second-order valence-corrected chi connectivity index (χ2v) is 8.24. The molecular weight excluding hydrogens is 430 g/mol. The first-order chi connectivity index (χ1) is 15.9. The zero-order valence-corrected chi connectivity index (χ0v) is 19.8. The van der Waals surface area contributed by atoms with Crippen molar-refractivity contribution in [1.29, 1.82) is 0 Å². The molecule has 4 rings (SSSR count). The molecule has 7 nitrogen and oxygen atoms in total. The summed E-state index contributed by atoms with van der Waals surface area (Å²) in [5.41, 5.74) is 6.57. The van der Waals surface area contributed by atoms with Crippen molar-refractivity contribution in [2.75, 3.05) is 16.0 Å². The van der Waals surface area contributed by atoms with Gasteiger partial charge in [0.05, 0.1) is 17.4 Å². The second kappa shape index (κ2) is 9.70. The number of hydrogen-bond acceptors (Lipinski definition) is 4. The van der Waals surface area contributed by atoms with E-state index in [1.165, 1.54) is 5.56 Å². The molecule has 2 aromatic heterocycles. The number of aromatic nitrogens is 3. The Labute approximate surface area is 198 Å². The van der Waals surface area contributed by atoms with Crippen molar-refractivity contribution in [3.05, 3.63) is 83.3 Å². The Morgan fingerprint density at radius 2 is 1.61 bits per heavy atom. The van der Waals surface area contributed by atoms with Gasteiger partial charge in [-0.15, -0.1) is 0 Å². The third-order valence-corrected chi connectivity index (χ3v) is 5.10. The topological polar surface area (TPSA) is 87.1 Å². The van der Waals surface area contributed by atoms with E-state index in [0.29, 0.717) is 17.0 Å². The molecule has 2 aromatic carbocycles. The minimum absolute atomic E-state index is 0.301. The average Bonchev–Trinajstić information content (AvgIpc) is 2.75. The summed E-state index contributed by atoms with van der Waals surface area (Å²) in [5, 5.41) is 10.9. The van der Waals surface area contributed by atoms with Gasteiger partial charge >= 0.3 is 0 Å². The zero-order chi connectivity index (χ0) is 23.4. The molecule has 0 bridgehead atoms. The van der Waals surface area contributed by atoms with Crippen LogP contribution in [0, 0.1) is 27.7 Å². The largest absolute Gasteiger partial charge is 0.331 e. The molecule has 0 unspecified atom stereocenters. The lowest BCUT2D eigenvalue weighted by Crippen LogP contribution is -2.26. The highest BCUT2D eigenvalue weighted by Gasteiger charge is 2.09. The Morgan fingerprint density at radius 3 is 2.36 bits per heavy atom. The predicted molar refractivity (Wildman–Crippen MR) is 140 cm³/mol. The smallest absolute Gasteiger partial charge is 0.229 e. The fraction of sp³-hybridized carbons (Fsp3) is 0.160. The van der Waals surface area contributed by atoms with Crippen LogP contribution in [0.4, 0.5) is 17.3 Å². The monoisotopic (exact) mass is 455 g/mol. The quantitative estimate of drug-likeness (QED) is 0.212. The maximum atomic E-state index is 5.53. The number of pyridine rings is 1. The molecule has 2 heterocycles. The molecule has 0 saturated heterocycles. The lowest BCUT2D eigenvalue weighted by atomic mass is 10.1. The Kier molecular flexibility index (Phi) is 6.55. The predicted octanol–water partition coefficient (Wildman–Crippen LogP) is 5.54. The maximum Gasteiger partial charge on any atom is 0.229 e. The van der Waals surface area contributed by atoms with Crippen molar-refractivity contribution in [3.63, 3.8) is 0 Å². The average molecular weight is 456 g/mol. The zero-order valence-electron chi connectivity index (χ0n) is 19.0. The number of benzene rings is 2. The summed E-state index contributed by atoms with van der Waals surface area (Å²) in [6.45, 7) is 7.93. The van der Waals surface area contributed by atoms with Crippen LogP contribution in [-0.2, 0) is 0 Å². The van der Waals surface area contributed by atoms with E-state index in [4.69, 9.17) is 12.2 Å². The lowest BCUT2D eigenvalue weighted by molar-refractivity contribution is 1.06. The molecule has 0 aliphatic heterocycles. The molecule has 33 heavy (non-hydrogen) atoms. The van der Waals surface area contributed by atoms with Crippen molar-refractivity contribution >= 4 is 51.5 Å². The first-order valence-corrected chi connectivity index (χ1v) is 10.9. The van der Waals surface area contributed by atoms with E-state index in [1.807, 2.05) is 69.3 Å². The lowest BCUT2D eigenvalue weighted by Gasteiger charge is -2.14. The van der Waals surface area contributed by atoms with Gasteiger partial charge in [0.2, 0.25) is 17.0 Å². The molecule has 8 heteroatoms. The minimum atomic E-state index is 0.301. The van der Waals surface area contributed by atoms with Crippen LogP contribution < -0.4 is 16.0 Å². The highest BCUT2D eigenvalue weighted by molar-refractivity contribution is 7.80. The van der Waals surface area contributed by atoms with Crippen LogP contribution in [0.3, 0.4) is 0 Å². The summed E-state index contributed by atoms with van der Waals surface area (Å²) in [5.74, 6) is 0.821. The fourth-order valence-corrected chi connectivity index (χ4v) is 3.65. The number of anilines is 3. The van der Waals surface area contributed by atoms with Crippen molar-refractivity contribution in [2.45, 2.75) is 27.7 Å². The van der Waals surface area contributed by atoms with E-state index in [0.717, 1.165) is 39.2 Å². The number of fused-ring (bicyclic) bond motifs is 1. The molecular formula is C25H25N7S. The molecule has 0 spiro atoms. The van der Waals surface area contributed by atoms with E-state index in [2.05, 4.69) is 48.9 Å². The number of aryl methyl sites for hydroxylation is 4. The van der Waals surface area contributed by atoms with Crippen molar-refractivity contribution in [2.24, 2.45) is 4.99 Å². The van der Waals surface area contributed by atoms with Gasteiger partial charge in [0.1, 0.15) is 0 Å². The molecule has 0 aliphatic rings. The first kappa shape index (κ1) is 22.3. The number of hydrogen-bond donors (Lipinski definition) is 3. The Hall–Kier alpha value is -3.91. The number of thiocarbonyl (C=S) groups is 1. The van der Waals surface area contributed by atoms with Crippen LogP contribution in [0.1, 0.15) is 22.5 Å². The molecule has 0 radical (unpaired) electrons. The van der Waals surface area contributed by atoms with Crippen molar-refractivity contribution in [1.82, 2.24) is 15.0 Å². The third-order valence-electron chi connectivity index (χ3n) is 4.90. The summed E-state index contributed by atoms with van der Waals surface area (Å²) in [6.07, 6.45) is 1.75. The maximum absolute atomic E-state index is 5.53. The minimum Gasteiger partial charge on any atom is -0.331 e. The van der Waals surface area contributed by atoms with Gasteiger partial charge in [0, 0.05) is 22.5 Å². The Bertz CT molecular complexity index is 1340. The number of aliphatic imine (C=N–C) groups is 1. The van der Waals surface area contributed by atoms with Gasteiger partial charge in [-0.3, -0.25) is 10.3 Å². The van der Waals surface area contributed by atoms with Gasteiger partial charge in [-0.1, -0.05) is 35.9 Å². The molecule has 0 fully saturated rings. The van der Waals surface area contributed by atoms with Crippen molar-refractivity contribution < 1.29 is 0 Å². The summed E-state index contributed by atoms with van der Waals surface area (Å²) in [6, 6.07) is 18.0. The molecule has 0 atom stereocenters. The van der Waals surface area contributed by atoms with E-state index >= 15 is 0 Å². The van der Waals surface area contributed by atoms with Gasteiger partial charge in [0.15, 0.2) is 0 Å². The van der Waals surface area contributed by atoms with Gasteiger partial charge in [-0.25, -0.2) is 9.97 Å². The SMILES string of the molecule is Cc1ccc(NC(=S)/N=C(/Nc2cnc3ccccc3c2)Nc2nc(C)cc(C)n2)c(C)c1. The summed E-state index contributed by atoms with van der Waals surface area (Å²) < 4.78 is 0. The molecule has 3 N–H and O–H groups in total. The van der Waals surface area contributed by atoms with Crippen LogP contribution in [0.2, 0.25) is 0 Å². The van der Waals surface area contributed by atoms with E-state index < -0.39 is 0 Å². The van der Waals surface area contributed by atoms with Crippen LogP contribution in [0.15, 0.2) is 65.8 Å². The van der Waals surface area contributed by atoms with Gasteiger partial charge in [-0.2, -0.15) is 4.99 Å².